The normalized spacial score (nSPS) is 15.8. The molecule has 1 aromatic rings. The molecule has 1 amide bonds. The van der Waals surface area contributed by atoms with Gasteiger partial charge in [0.25, 0.3) is 0 Å². The van der Waals surface area contributed by atoms with Crippen LogP contribution in [-0.4, -0.2) is 33.8 Å². The fourth-order valence-corrected chi connectivity index (χ4v) is 2.21. The van der Waals surface area contributed by atoms with Gasteiger partial charge in [0, 0.05) is 18.4 Å². The van der Waals surface area contributed by atoms with Gasteiger partial charge in [0.1, 0.15) is 12.4 Å². The predicted octanol–water partition coefficient (Wildman–Crippen LogP) is 3.04. The molecule has 3 N–H and O–H groups in total. The number of rotatable bonds is 3. The summed E-state index contributed by atoms with van der Waals surface area (Å²) in [5, 5.41) is 16.8. The molecule has 0 atom stereocenters. The molecule has 1 aromatic carbocycles. The molecule has 1 aliphatic carbocycles. The molecule has 0 radical (unpaired) electrons. The summed E-state index contributed by atoms with van der Waals surface area (Å²) >= 11 is 0. The van der Waals surface area contributed by atoms with Crippen molar-refractivity contribution in [1.82, 2.24) is 5.32 Å². The number of carbonyl (C=O) groups excluding carboxylic acids is 2. The van der Waals surface area contributed by atoms with E-state index in [0.29, 0.717) is 25.7 Å². The summed E-state index contributed by atoms with van der Waals surface area (Å²) in [5.41, 5.74) is 0.642. The van der Waals surface area contributed by atoms with Crippen LogP contribution in [0.4, 0.5) is 9.59 Å². The van der Waals surface area contributed by atoms with Gasteiger partial charge in [-0.05, 0) is 25.3 Å². The summed E-state index contributed by atoms with van der Waals surface area (Å²) in [4.78, 5) is 31.5. The SMILES string of the molecule is CC1(NC(=O)OCc2ccccc2)CCC(=O)CC1.O=C(O)O. The second-order valence-electron chi connectivity index (χ2n) is 5.57. The topological polar surface area (TPSA) is 113 Å². The lowest BCUT2D eigenvalue weighted by Gasteiger charge is -2.33. The van der Waals surface area contributed by atoms with Crippen molar-refractivity contribution in [2.45, 2.75) is 44.8 Å². The van der Waals surface area contributed by atoms with Gasteiger partial charge < -0.3 is 20.3 Å². The van der Waals surface area contributed by atoms with Crippen LogP contribution in [-0.2, 0) is 16.1 Å². The Hall–Kier alpha value is -2.57. The fourth-order valence-electron chi connectivity index (χ4n) is 2.21. The molecule has 1 aliphatic rings. The number of benzene rings is 1. The van der Waals surface area contributed by atoms with Crippen molar-refractivity contribution in [1.29, 1.82) is 0 Å². The summed E-state index contributed by atoms with van der Waals surface area (Å²) in [6.07, 6.45) is 0.199. The van der Waals surface area contributed by atoms with E-state index in [2.05, 4.69) is 5.32 Å². The zero-order valence-corrected chi connectivity index (χ0v) is 12.9. The quantitative estimate of drug-likeness (QED) is 0.788. The first-order valence-electron chi connectivity index (χ1n) is 7.23. The minimum absolute atomic E-state index is 0.266. The third kappa shape index (κ3) is 7.85. The highest BCUT2D eigenvalue weighted by molar-refractivity contribution is 5.80. The van der Waals surface area contributed by atoms with Crippen LogP contribution < -0.4 is 5.32 Å². The Balaban J connectivity index is 0.000000593. The highest BCUT2D eigenvalue weighted by atomic mass is 16.6. The minimum atomic E-state index is -1.83. The Kier molecular flexibility index (Phi) is 7.05. The van der Waals surface area contributed by atoms with Gasteiger partial charge in [-0.15, -0.1) is 0 Å². The molecule has 0 unspecified atom stereocenters. The van der Waals surface area contributed by atoms with Gasteiger partial charge in [-0.2, -0.15) is 0 Å². The van der Waals surface area contributed by atoms with Gasteiger partial charge in [0.2, 0.25) is 0 Å². The Bertz CT molecular complexity index is 529. The van der Waals surface area contributed by atoms with Crippen molar-refractivity contribution in [3.8, 4) is 0 Å². The van der Waals surface area contributed by atoms with Crippen LogP contribution in [0, 0.1) is 0 Å². The van der Waals surface area contributed by atoms with Crippen LogP contribution in [0.2, 0.25) is 0 Å². The van der Waals surface area contributed by atoms with Crippen LogP contribution in [0.25, 0.3) is 0 Å². The average Bonchev–Trinajstić information content (AvgIpc) is 2.49. The molecule has 0 heterocycles. The maximum absolute atomic E-state index is 11.8. The van der Waals surface area contributed by atoms with E-state index in [4.69, 9.17) is 19.7 Å². The standard InChI is InChI=1S/C15H19NO3.CH2O3/c1-15(9-7-13(17)8-10-15)16-14(18)19-11-12-5-3-2-4-6-12;2-1(3)4/h2-6H,7-11H2,1H3,(H,16,18);(H2,2,3,4). The summed E-state index contributed by atoms with van der Waals surface area (Å²) in [6, 6.07) is 9.56. The van der Waals surface area contributed by atoms with E-state index >= 15 is 0 Å². The molecule has 1 saturated carbocycles. The van der Waals surface area contributed by atoms with Gasteiger partial charge >= 0.3 is 12.2 Å². The van der Waals surface area contributed by atoms with E-state index in [1.54, 1.807) is 0 Å². The van der Waals surface area contributed by atoms with E-state index in [9.17, 15) is 9.59 Å². The summed E-state index contributed by atoms with van der Waals surface area (Å²) < 4.78 is 5.19. The Morgan fingerprint density at radius 2 is 1.70 bits per heavy atom. The molecule has 0 aromatic heterocycles. The maximum Gasteiger partial charge on any atom is 0.503 e. The number of alkyl carbamates (subject to hydrolysis) is 1. The largest absolute Gasteiger partial charge is 0.503 e. The fraction of sp³-hybridized carbons (Fsp3) is 0.438. The maximum atomic E-state index is 11.8. The molecule has 23 heavy (non-hydrogen) atoms. The number of Topliss-reactive ketones (excluding diaryl/α,β-unsaturated/α-hetero) is 1. The first-order valence-corrected chi connectivity index (χ1v) is 7.23. The Labute approximate surface area is 134 Å². The van der Waals surface area contributed by atoms with Crippen LogP contribution >= 0.6 is 0 Å². The molecule has 0 saturated heterocycles. The minimum Gasteiger partial charge on any atom is -0.450 e. The number of amides is 1. The molecule has 7 heteroatoms. The van der Waals surface area contributed by atoms with Crippen molar-refractivity contribution >= 4 is 18.0 Å². The van der Waals surface area contributed by atoms with E-state index in [1.165, 1.54) is 0 Å². The number of ketones is 1. The Morgan fingerprint density at radius 3 is 2.22 bits per heavy atom. The van der Waals surface area contributed by atoms with E-state index in [1.807, 2.05) is 37.3 Å². The number of ether oxygens (including phenoxy) is 1. The second kappa shape index (κ2) is 8.77. The van der Waals surface area contributed by atoms with Gasteiger partial charge in [0.05, 0.1) is 0 Å². The Morgan fingerprint density at radius 1 is 1.17 bits per heavy atom. The third-order valence-electron chi connectivity index (χ3n) is 3.53. The lowest BCUT2D eigenvalue weighted by Crippen LogP contribution is -2.48. The van der Waals surface area contributed by atoms with Gasteiger partial charge in [-0.1, -0.05) is 30.3 Å². The van der Waals surface area contributed by atoms with Crippen LogP contribution in [0.5, 0.6) is 0 Å². The number of hydrogen-bond donors (Lipinski definition) is 3. The molecule has 0 spiro atoms. The lowest BCUT2D eigenvalue weighted by atomic mass is 9.83. The van der Waals surface area contributed by atoms with E-state index in [-0.39, 0.29) is 17.9 Å². The molecule has 7 nitrogen and oxygen atoms in total. The van der Waals surface area contributed by atoms with Crippen molar-refractivity contribution in [2.24, 2.45) is 0 Å². The van der Waals surface area contributed by atoms with Crippen molar-refractivity contribution < 1.29 is 29.3 Å². The molecular formula is C16H21NO6. The van der Waals surface area contributed by atoms with Gasteiger partial charge in [-0.3, -0.25) is 4.79 Å². The smallest absolute Gasteiger partial charge is 0.450 e. The van der Waals surface area contributed by atoms with Crippen LogP contribution in [0.3, 0.4) is 0 Å². The average molecular weight is 323 g/mol. The number of nitrogens with one attached hydrogen (secondary N) is 1. The zero-order chi connectivity index (χ0) is 17.3. The first kappa shape index (κ1) is 18.5. The third-order valence-corrected chi connectivity index (χ3v) is 3.53. The molecule has 126 valence electrons. The zero-order valence-electron chi connectivity index (χ0n) is 12.9. The highest BCUT2D eigenvalue weighted by Crippen LogP contribution is 2.25. The number of carboxylic acid groups (broad SMARTS) is 2. The number of carbonyl (C=O) groups is 3. The summed E-state index contributed by atoms with van der Waals surface area (Å²) in [6.45, 7) is 2.23. The molecule has 0 bridgehead atoms. The predicted molar refractivity (Wildman–Crippen MR) is 82.3 cm³/mol. The first-order chi connectivity index (χ1) is 10.8. The molecular weight excluding hydrogens is 302 g/mol. The van der Waals surface area contributed by atoms with E-state index < -0.39 is 12.2 Å². The van der Waals surface area contributed by atoms with Crippen molar-refractivity contribution in [3.63, 3.8) is 0 Å². The summed E-state index contributed by atoms with van der Waals surface area (Å²) in [5.74, 6) is 0.275. The van der Waals surface area contributed by atoms with Crippen LogP contribution in [0.15, 0.2) is 30.3 Å². The van der Waals surface area contributed by atoms with E-state index in [0.717, 1.165) is 5.56 Å². The lowest BCUT2D eigenvalue weighted by molar-refractivity contribution is -0.121. The molecule has 1 fully saturated rings. The van der Waals surface area contributed by atoms with Gasteiger partial charge in [0.15, 0.2) is 0 Å². The second-order valence-corrected chi connectivity index (χ2v) is 5.57. The summed E-state index contributed by atoms with van der Waals surface area (Å²) in [7, 11) is 0. The highest BCUT2D eigenvalue weighted by Gasteiger charge is 2.31. The number of hydrogen-bond acceptors (Lipinski definition) is 4. The monoisotopic (exact) mass is 323 g/mol. The molecule has 2 rings (SSSR count). The van der Waals surface area contributed by atoms with Gasteiger partial charge in [-0.25, -0.2) is 9.59 Å². The van der Waals surface area contributed by atoms with Crippen molar-refractivity contribution in [3.05, 3.63) is 35.9 Å². The van der Waals surface area contributed by atoms with Crippen molar-refractivity contribution in [2.75, 3.05) is 0 Å². The molecule has 0 aliphatic heterocycles. The van der Waals surface area contributed by atoms with Crippen LogP contribution in [0.1, 0.15) is 38.2 Å².